The average molecular weight is 451 g/mol. The number of benzene rings is 3. The van der Waals surface area contributed by atoms with E-state index in [1.165, 1.54) is 12.1 Å². The third-order valence-electron chi connectivity index (χ3n) is 4.79. The van der Waals surface area contributed by atoms with Gasteiger partial charge < -0.3 is 15.2 Å². The van der Waals surface area contributed by atoms with Gasteiger partial charge in [-0.2, -0.15) is 4.98 Å². The van der Waals surface area contributed by atoms with Gasteiger partial charge in [-0.1, -0.05) is 60.7 Å². The standard InChI is InChI=1S/C26H23FN2O2.ClH/c27-23-14-21(16-28)13-22(15-23)24-11-12-25(30-17-19-7-3-1-4-8-19)29-26(24)31-18-20-9-5-2-6-10-20;/h1-15H,16-18,28H2;1H. The Morgan fingerprint density at radius 2 is 1.34 bits per heavy atom. The van der Waals surface area contributed by atoms with Crippen LogP contribution in [0.2, 0.25) is 0 Å². The van der Waals surface area contributed by atoms with Gasteiger partial charge in [-0.05, 0) is 46.5 Å². The van der Waals surface area contributed by atoms with Gasteiger partial charge in [0.05, 0.1) is 0 Å². The van der Waals surface area contributed by atoms with E-state index in [0.29, 0.717) is 41.7 Å². The van der Waals surface area contributed by atoms with Gasteiger partial charge in [0.2, 0.25) is 11.8 Å². The van der Waals surface area contributed by atoms with Crippen LogP contribution in [0.5, 0.6) is 11.8 Å². The van der Waals surface area contributed by atoms with E-state index in [1.807, 2.05) is 72.8 Å². The summed E-state index contributed by atoms with van der Waals surface area (Å²) in [5.41, 5.74) is 9.81. The Morgan fingerprint density at radius 1 is 0.719 bits per heavy atom. The van der Waals surface area contributed by atoms with Gasteiger partial charge in [0.25, 0.3) is 0 Å². The van der Waals surface area contributed by atoms with Crippen LogP contribution in [0, 0.1) is 5.82 Å². The SMILES string of the molecule is Cl.NCc1cc(F)cc(-c2ccc(OCc3ccccc3)nc2OCc2ccccc2)c1. The lowest BCUT2D eigenvalue weighted by molar-refractivity contribution is 0.268. The molecule has 0 aliphatic carbocycles. The van der Waals surface area contributed by atoms with E-state index < -0.39 is 0 Å². The Hall–Kier alpha value is -3.41. The van der Waals surface area contributed by atoms with Crippen molar-refractivity contribution in [2.75, 3.05) is 0 Å². The first-order chi connectivity index (χ1) is 15.2. The molecule has 0 aliphatic rings. The fourth-order valence-corrected chi connectivity index (χ4v) is 3.21. The molecule has 0 saturated carbocycles. The molecule has 1 heterocycles. The summed E-state index contributed by atoms with van der Waals surface area (Å²) in [5, 5.41) is 0. The highest BCUT2D eigenvalue weighted by Crippen LogP contribution is 2.32. The van der Waals surface area contributed by atoms with Crippen LogP contribution in [0.4, 0.5) is 4.39 Å². The monoisotopic (exact) mass is 450 g/mol. The van der Waals surface area contributed by atoms with Crippen molar-refractivity contribution in [3.05, 3.63) is 114 Å². The topological polar surface area (TPSA) is 57.4 Å². The van der Waals surface area contributed by atoms with Crippen LogP contribution in [0.1, 0.15) is 16.7 Å². The maximum Gasteiger partial charge on any atom is 0.225 e. The zero-order valence-electron chi connectivity index (χ0n) is 17.4. The molecule has 6 heteroatoms. The second kappa shape index (κ2) is 11.3. The molecule has 0 spiro atoms. The highest BCUT2D eigenvalue weighted by atomic mass is 35.5. The minimum absolute atomic E-state index is 0. The summed E-state index contributed by atoms with van der Waals surface area (Å²) in [4.78, 5) is 4.57. The first kappa shape index (κ1) is 23.3. The van der Waals surface area contributed by atoms with Crippen LogP contribution in [-0.4, -0.2) is 4.98 Å². The first-order valence-electron chi connectivity index (χ1n) is 10.1. The van der Waals surface area contributed by atoms with Gasteiger partial charge in [-0.3, -0.25) is 0 Å². The van der Waals surface area contributed by atoms with Gasteiger partial charge in [0, 0.05) is 18.2 Å². The average Bonchev–Trinajstić information content (AvgIpc) is 2.82. The van der Waals surface area contributed by atoms with Crippen LogP contribution in [0.15, 0.2) is 91.0 Å². The second-order valence-corrected chi connectivity index (χ2v) is 7.10. The number of nitrogens with zero attached hydrogens (tertiary/aromatic N) is 1. The molecule has 0 saturated heterocycles. The Balaban J connectivity index is 0.00000289. The van der Waals surface area contributed by atoms with Crippen molar-refractivity contribution in [3.8, 4) is 22.9 Å². The Morgan fingerprint density at radius 3 is 1.97 bits per heavy atom. The van der Waals surface area contributed by atoms with E-state index in [-0.39, 0.29) is 24.8 Å². The normalized spacial score (nSPS) is 10.3. The van der Waals surface area contributed by atoms with Crippen molar-refractivity contribution in [1.82, 2.24) is 4.98 Å². The van der Waals surface area contributed by atoms with Gasteiger partial charge in [-0.25, -0.2) is 4.39 Å². The Labute approximate surface area is 193 Å². The number of pyridine rings is 1. The number of halogens is 2. The second-order valence-electron chi connectivity index (χ2n) is 7.10. The van der Waals surface area contributed by atoms with E-state index in [0.717, 1.165) is 11.1 Å². The highest BCUT2D eigenvalue weighted by molar-refractivity contribution is 5.85. The third-order valence-corrected chi connectivity index (χ3v) is 4.79. The fourth-order valence-electron chi connectivity index (χ4n) is 3.21. The van der Waals surface area contributed by atoms with Crippen molar-refractivity contribution in [3.63, 3.8) is 0 Å². The van der Waals surface area contributed by atoms with Gasteiger partial charge in [0.1, 0.15) is 19.0 Å². The molecule has 0 fully saturated rings. The van der Waals surface area contributed by atoms with Gasteiger partial charge in [-0.15, -0.1) is 12.4 Å². The molecule has 0 amide bonds. The quantitative estimate of drug-likeness (QED) is 0.361. The summed E-state index contributed by atoms with van der Waals surface area (Å²) >= 11 is 0. The van der Waals surface area contributed by atoms with Crippen molar-refractivity contribution in [2.24, 2.45) is 5.73 Å². The largest absolute Gasteiger partial charge is 0.473 e. The number of hydrogen-bond acceptors (Lipinski definition) is 4. The van der Waals surface area contributed by atoms with E-state index in [9.17, 15) is 4.39 Å². The van der Waals surface area contributed by atoms with Crippen molar-refractivity contribution < 1.29 is 13.9 Å². The summed E-state index contributed by atoms with van der Waals surface area (Å²) in [7, 11) is 0. The molecule has 32 heavy (non-hydrogen) atoms. The number of rotatable bonds is 8. The van der Waals surface area contributed by atoms with E-state index in [2.05, 4.69) is 4.98 Å². The van der Waals surface area contributed by atoms with Crippen molar-refractivity contribution in [1.29, 1.82) is 0 Å². The molecule has 4 nitrogen and oxygen atoms in total. The number of nitrogens with two attached hydrogens (primary N) is 1. The van der Waals surface area contributed by atoms with Gasteiger partial charge in [0.15, 0.2) is 0 Å². The zero-order valence-corrected chi connectivity index (χ0v) is 18.2. The molecule has 4 rings (SSSR count). The van der Waals surface area contributed by atoms with Crippen LogP contribution in [0.3, 0.4) is 0 Å². The predicted octanol–water partition coefficient (Wildman–Crippen LogP) is 5.93. The van der Waals surface area contributed by atoms with Crippen molar-refractivity contribution >= 4 is 12.4 Å². The summed E-state index contributed by atoms with van der Waals surface area (Å²) < 4.78 is 26.0. The zero-order chi connectivity index (χ0) is 21.5. The first-order valence-corrected chi connectivity index (χ1v) is 10.1. The van der Waals surface area contributed by atoms with E-state index >= 15 is 0 Å². The lowest BCUT2D eigenvalue weighted by atomic mass is 10.0. The summed E-state index contributed by atoms with van der Waals surface area (Å²) in [6.45, 7) is 0.974. The number of aromatic nitrogens is 1. The van der Waals surface area contributed by atoms with Crippen LogP contribution in [-0.2, 0) is 19.8 Å². The molecule has 1 aromatic heterocycles. The predicted molar refractivity (Wildman–Crippen MR) is 126 cm³/mol. The van der Waals surface area contributed by atoms with Gasteiger partial charge >= 0.3 is 0 Å². The molecule has 0 aliphatic heterocycles. The maximum absolute atomic E-state index is 14.1. The Kier molecular flexibility index (Phi) is 8.20. The molecule has 4 aromatic rings. The summed E-state index contributed by atoms with van der Waals surface area (Å²) in [6.07, 6.45) is 0. The third kappa shape index (κ3) is 6.06. The molecule has 0 atom stereocenters. The molecule has 0 bridgehead atoms. The fraction of sp³-hybridized carbons (Fsp3) is 0.115. The van der Waals surface area contributed by atoms with Crippen molar-refractivity contribution in [2.45, 2.75) is 19.8 Å². The lowest BCUT2D eigenvalue weighted by Crippen LogP contribution is -2.03. The lowest BCUT2D eigenvalue weighted by Gasteiger charge is -2.14. The summed E-state index contributed by atoms with van der Waals surface area (Å²) in [5.74, 6) is 0.463. The smallest absolute Gasteiger partial charge is 0.225 e. The molecule has 0 unspecified atom stereocenters. The molecular weight excluding hydrogens is 427 g/mol. The molecule has 0 radical (unpaired) electrons. The van der Waals surface area contributed by atoms with Crippen LogP contribution >= 0.6 is 12.4 Å². The van der Waals surface area contributed by atoms with E-state index in [4.69, 9.17) is 15.2 Å². The molecule has 3 aromatic carbocycles. The number of hydrogen-bond donors (Lipinski definition) is 1. The minimum atomic E-state index is -0.351. The summed E-state index contributed by atoms with van der Waals surface area (Å²) in [6, 6.07) is 28.0. The van der Waals surface area contributed by atoms with E-state index in [1.54, 1.807) is 6.07 Å². The maximum atomic E-state index is 14.1. The molecular formula is C26H24ClFN2O2. The highest BCUT2D eigenvalue weighted by Gasteiger charge is 2.13. The minimum Gasteiger partial charge on any atom is -0.473 e. The number of ether oxygens (including phenoxy) is 2. The van der Waals surface area contributed by atoms with Crippen LogP contribution in [0.25, 0.3) is 11.1 Å². The Bertz CT molecular complexity index is 1140. The molecule has 2 N–H and O–H groups in total. The molecule has 164 valence electrons. The van der Waals surface area contributed by atoms with Crippen LogP contribution < -0.4 is 15.2 Å².